The Labute approximate surface area is 146 Å². The largest absolute Gasteiger partial charge is 0.491 e. The van der Waals surface area contributed by atoms with E-state index in [1.54, 1.807) is 6.21 Å². The first kappa shape index (κ1) is 17.5. The number of anilines is 1. The van der Waals surface area contributed by atoms with Crippen molar-refractivity contribution in [2.24, 2.45) is 14.9 Å². The molecule has 0 radical (unpaired) electrons. The van der Waals surface area contributed by atoms with E-state index >= 15 is 0 Å². The van der Waals surface area contributed by atoms with Gasteiger partial charge in [-0.2, -0.15) is 0 Å². The Balaban J connectivity index is 2.17. The summed E-state index contributed by atoms with van der Waals surface area (Å²) in [5.74, 6) is 4.81. The van der Waals surface area contributed by atoms with Crippen molar-refractivity contribution >= 4 is 48.5 Å². The minimum atomic E-state index is -0.402. The van der Waals surface area contributed by atoms with E-state index in [9.17, 15) is 0 Å². The minimum Gasteiger partial charge on any atom is -0.491 e. The molecule has 2 rings (SSSR count). The van der Waals surface area contributed by atoms with Crippen molar-refractivity contribution < 1.29 is 4.74 Å². The number of ether oxygens (including phenoxy) is 1. The molecule has 24 heavy (non-hydrogen) atoms. The lowest BCUT2D eigenvalue weighted by molar-refractivity contribution is 0.314. The zero-order chi connectivity index (χ0) is 17.4. The van der Waals surface area contributed by atoms with E-state index in [2.05, 4.69) is 32.9 Å². The van der Waals surface area contributed by atoms with Gasteiger partial charge in [0.1, 0.15) is 6.00 Å². The quantitative estimate of drug-likeness (QED) is 0.216. The van der Waals surface area contributed by atoms with Gasteiger partial charge in [-0.1, -0.05) is 18.1 Å². The number of nitrogens with one attached hydrogen (secondary N) is 1. The standard InChI is InChI=1S/C16H15BClN5O/c1-20-9-15(24-2)16(21-11-18)23-14-5-3-12(4-6-14)13-7-17(10-19)22-8-13/h3-9H,1,11H2,2H3,(H,21,23)/b15-9+. The fraction of sp³-hybridized carbons (Fsp3) is 0.125. The fourth-order valence-corrected chi connectivity index (χ4v) is 2.19. The van der Waals surface area contributed by atoms with E-state index in [1.165, 1.54) is 13.3 Å². The molecule has 0 unspecified atom stereocenters. The number of amidine groups is 1. The number of hydrogen-bond acceptors (Lipinski definition) is 5. The molecule has 1 N–H and O–H groups in total. The van der Waals surface area contributed by atoms with Crippen LogP contribution in [-0.2, 0) is 4.74 Å². The number of nitriles is 1. The number of rotatable bonds is 6. The average Bonchev–Trinajstić information content (AvgIpc) is 3.09. The van der Waals surface area contributed by atoms with E-state index in [-0.39, 0.29) is 6.00 Å². The van der Waals surface area contributed by atoms with Crippen LogP contribution in [0, 0.1) is 11.2 Å². The summed E-state index contributed by atoms with van der Waals surface area (Å²) in [6.07, 6.45) is 3.16. The van der Waals surface area contributed by atoms with E-state index in [1.807, 2.05) is 30.2 Å². The summed E-state index contributed by atoms with van der Waals surface area (Å²) in [6.45, 7) is 3.00. The molecule has 0 saturated heterocycles. The Hall–Kier alpha value is -2.85. The van der Waals surface area contributed by atoms with Crippen LogP contribution in [-0.4, -0.2) is 38.7 Å². The Morgan fingerprint density at radius 3 is 2.79 bits per heavy atom. The summed E-state index contributed by atoms with van der Waals surface area (Å²) in [5, 5.41) is 12.0. The van der Waals surface area contributed by atoms with Crippen LogP contribution >= 0.6 is 11.6 Å². The summed E-state index contributed by atoms with van der Waals surface area (Å²) in [6, 6.07) is 7.72. The summed E-state index contributed by atoms with van der Waals surface area (Å²) in [7, 11) is 1.52. The monoisotopic (exact) mass is 339 g/mol. The van der Waals surface area contributed by atoms with Gasteiger partial charge >= 0.3 is 6.85 Å². The smallest absolute Gasteiger partial charge is 0.422 e. The molecule has 1 aliphatic heterocycles. The van der Waals surface area contributed by atoms with Crippen molar-refractivity contribution in [1.29, 1.82) is 5.26 Å². The Bertz CT molecular complexity index is 762. The van der Waals surface area contributed by atoms with Crippen molar-refractivity contribution in [1.82, 2.24) is 0 Å². The SMILES string of the molecule is C=N/C=C(/OC)C(=NCCl)Nc1ccc(C2=CB(C#N)N=C2)cc1. The van der Waals surface area contributed by atoms with Crippen LogP contribution in [0.5, 0.6) is 0 Å². The molecule has 120 valence electrons. The number of benzene rings is 1. The van der Waals surface area contributed by atoms with Crippen molar-refractivity contribution in [2.45, 2.75) is 0 Å². The first-order valence-corrected chi connectivity index (χ1v) is 7.58. The molecule has 0 spiro atoms. The Morgan fingerprint density at radius 2 is 2.25 bits per heavy atom. The summed E-state index contributed by atoms with van der Waals surface area (Å²) in [5.41, 5.74) is 2.71. The topological polar surface area (TPSA) is 82.1 Å². The highest BCUT2D eigenvalue weighted by atomic mass is 35.5. The number of hydrogen-bond donors (Lipinski definition) is 1. The van der Waals surface area contributed by atoms with Crippen LogP contribution in [0.4, 0.5) is 5.69 Å². The van der Waals surface area contributed by atoms with Gasteiger partial charge in [0, 0.05) is 17.9 Å². The predicted octanol–water partition coefficient (Wildman–Crippen LogP) is 2.94. The number of nitrogens with zero attached hydrogens (tertiary/aromatic N) is 4. The summed E-state index contributed by atoms with van der Waals surface area (Å²) < 4.78 is 5.23. The predicted molar refractivity (Wildman–Crippen MR) is 101 cm³/mol. The second kappa shape index (κ2) is 8.70. The van der Waals surface area contributed by atoms with Crippen LogP contribution in [0.2, 0.25) is 0 Å². The van der Waals surface area contributed by atoms with Gasteiger partial charge in [0.25, 0.3) is 0 Å². The zero-order valence-electron chi connectivity index (χ0n) is 13.1. The van der Waals surface area contributed by atoms with Crippen molar-refractivity contribution in [3.63, 3.8) is 0 Å². The second-order valence-electron chi connectivity index (χ2n) is 4.68. The highest BCUT2D eigenvalue weighted by Gasteiger charge is 2.16. The van der Waals surface area contributed by atoms with E-state index in [4.69, 9.17) is 21.6 Å². The van der Waals surface area contributed by atoms with Gasteiger partial charge in [-0.25, -0.2) is 10.3 Å². The third kappa shape index (κ3) is 4.34. The molecule has 0 fully saturated rings. The molecule has 0 amide bonds. The third-order valence-electron chi connectivity index (χ3n) is 3.20. The molecule has 8 heteroatoms. The van der Waals surface area contributed by atoms with E-state index < -0.39 is 6.85 Å². The van der Waals surface area contributed by atoms with E-state index in [0.717, 1.165) is 16.8 Å². The van der Waals surface area contributed by atoms with Crippen molar-refractivity contribution in [2.75, 3.05) is 18.4 Å². The minimum absolute atomic E-state index is 0.0805. The molecular weight excluding hydrogens is 324 g/mol. The molecule has 1 aromatic rings. The molecule has 1 aromatic carbocycles. The number of aliphatic imine (C=N–C) groups is 2. The average molecular weight is 340 g/mol. The lowest BCUT2D eigenvalue weighted by atomic mass is 9.66. The maximum absolute atomic E-state index is 8.87. The van der Waals surface area contributed by atoms with E-state index in [0.29, 0.717) is 11.6 Å². The molecular formula is C16H15BClN5O. The van der Waals surface area contributed by atoms with Crippen LogP contribution < -0.4 is 5.32 Å². The highest BCUT2D eigenvalue weighted by molar-refractivity contribution is 6.75. The van der Waals surface area contributed by atoms with Gasteiger partial charge in [-0.05, 0) is 30.0 Å². The molecule has 1 aliphatic rings. The molecule has 0 aromatic heterocycles. The Morgan fingerprint density at radius 1 is 1.50 bits per heavy atom. The van der Waals surface area contributed by atoms with Gasteiger partial charge in [-0.3, -0.25) is 4.99 Å². The van der Waals surface area contributed by atoms with Crippen LogP contribution in [0.25, 0.3) is 5.57 Å². The third-order valence-corrected chi connectivity index (χ3v) is 3.32. The Kier molecular flexibility index (Phi) is 6.35. The molecule has 0 saturated carbocycles. The molecule has 0 bridgehead atoms. The maximum Gasteiger partial charge on any atom is 0.422 e. The van der Waals surface area contributed by atoms with Gasteiger partial charge in [0.2, 0.25) is 0 Å². The first-order valence-electron chi connectivity index (χ1n) is 7.04. The molecule has 0 aliphatic carbocycles. The second-order valence-corrected chi connectivity index (χ2v) is 4.92. The van der Waals surface area contributed by atoms with Crippen LogP contribution in [0.3, 0.4) is 0 Å². The lowest BCUT2D eigenvalue weighted by Crippen LogP contribution is -2.16. The van der Waals surface area contributed by atoms with Gasteiger partial charge in [0.05, 0.1) is 13.3 Å². The number of halogens is 1. The lowest BCUT2D eigenvalue weighted by Gasteiger charge is -2.12. The molecule has 1 heterocycles. The maximum atomic E-state index is 8.87. The van der Waals surface area contributed by atoms with Gasteiger partial charge < -0.3 is 15.0 Å². The van der Waals surface area contributed by atoms with Crippen molar-refractivity contribution in [3.8, 4) is 5.97 Å². The first-order chi connectivity index (χ1) is 11.7. The van der Waals surface area contributed by atoms with Gasteiger partial charge in [-0.15, -0.1) is 11.6 Å². The van der Waals surface area contributed by atoms with Crippen molar-refractivity contribution in [3.05, 3.63) is 47.8 Å². The van der Waals surface area contributed by atoms with Crippen LogP contribution in [0.1, 0.15) is 5.56 Å². The molecule has 6 nitrogen and oxygen atoms in total. The number of alkyl halides is 1. The molecule has 0 atom stereocenters. The van der Waals surface area contributed by atoms with Crippen LogP contribution in [0.15, 0.2) is 57.1 Å². The summed E-state index contributed by atoms with van der Waals surface area (Å²) in [4.78, 5) is 11.9. The zero-order valence-corrected chi connectivity index (χ0v) is 13.9. The normalized spacial score (nSPS) is 14.2. The number of allylic oxidation sites excluding steroid dienone is 1. The van der Waals surface area contributed by atoms with Gasteiger partial charge in [0.15, 0.2) is 11.6 Å². The fourth-order valence-electron chi connectivity index (χ4n) is 2.07. The highest BCUT2D eigenvalue weighted by Crippen LogP contribution is 2.20. The number of methoxy groups -OCH3 is 1. The summed E-state index contributed by atoms with van der Waals surface area (Å²) >= 11 is 5.70.